The molecule has 2 aromatic rings. The summed E-state index contributed by atoms with van der Waals surface area (Å²) in [6.07, 6.45) is 0. The molecule has 0 saturated carbocycles. The van der Waals surface area contributed by atoms with Gasteiger partial charge in [-0.3, -0.25) is 0 Å². The molecule has 0 saturated heterocycles. The number of rotatable bonds is 2. The van der Waals surface area contributed by atoms with Crippen LogP contribution >= 0.6 is 31.9 Å². The Morgan fingerprint density at radius 2 is 1.11 bits per heavy atom. The second-order valence-electron chi connectivity index (χ2n) is 7.66. The molecule has 4 nitrogen and oxygen atoms in total. The summed E-state index contributed by atoms with van der Waals surface area (Å²) in [4.78, 5) is 22.4. The number of carboxylic acid groups (broad SMARTS) is 1. The molecule has 0 spiro atoms. The predicted octanol–water partition coefficient (Wildman–Crippen LogP) is 6.79. The molecule has 0 atom stereocenters. The second kappa shape index (κ2) is 9.70. The number of aromatic carboxylic acids is 1. The molecule has 0 amide bonds. The molecule has 28 heavy (non-hydrogen) atoms. The molecule has 0 heterocycles. The number of carboxylic acids is 1. The second-order valence-corrected chi connectivity index (χ2v) is 9.24. The molecule has 0 aromatic heterocycles. The molecule has 152 valence electrons. The van der Waals surface area contributed by atoms with Crippen LogP contribution in [0.5, 0.6) is 0 Å². The van der Waals surface area contributed by atoms with E-state index in [0.29, 0.717) is 11.1 Å². The van der Waals surface area contributed by atoms with Gasteiger partial charge in [0.15, 0.2) is 0 Å². The third kappa shape index (κ3) is 7.06. The highest BCUT2D eigenvalue weighted by Gasteiger charge is 2.18. The van der Waals surface area contributed by atoms with Crippen molar-refractivity contribution in [2.75, 3.05) is 0 Å². The smallest absolute Gasteiger partial charge is 0.338 e. The van der Waals surface area contributed by atoms with Gasteiger partial charge in [-0.1, -0.05) is 31.9 Å². The van der Waals surface area contributed by atoms with Gasteiger partial charge in [-0.2, -0.15) is 0 Å². The Kier molecular flexibility index (Phi) is 8.45. The molecule has 2 aromatic carbocycles. The van der Waals surface area contributed by atoms with Crippen LogP contribution in [0, 0.1) is 27.7 Å². The van der Waals surface area contributed by atoms with Crippen molar-refractivity contribution in [1.82, 2.24) is 0 Å². The van der Waals surface area contributed by atoms with E-state index in [4.69, 9.17) is 9.84 Å². The van der Waals surface area contributed by atoms with Crippen LogP contribution in [0.3, 0.4) is 0 Å². The number of hydrogen-bond donors (Lipinski definition) is 1. The Bertz CT molecular complexity index is 850. The minimum atomic E-state index is -0.881. The first-order valence-electron chi connectivity index (χ1n) is 8.73. The fraction of sp³-hybridized carbons (Fsp3) is 0.364. The average Bonchev–Trinajstić information content (AvgIpc) is 2.55. The van der Waals surface area contributed by atoms with Crippen LogP contribution in [0.2, 0.25) is 0 Å². The Morgan fingerprint density at radius 1 is 0.786 bits per heavy atom. The van der Waals surface area contributed by atoms with Crippen molar-refractivity contribution in [3.63, 3.8) is 0 Å². The summed E-state index contributed by atoms with van der Waals surface area (Å²) >= 11 is 6.84. The van der Waals surface area contributed by atoms with E-state index in [2.05, 4.69) is 31.9 Å². The van der Waals surface area contributed by atoms with Gasteiger partial charge in [0, 0.05) is 8.95 Å². The number of esters is 1. The lowest BCUT2D eigenvalue weighted by Crippen LogP contribution is -2.24. The maximum atomic E-state index is 11.8. The highest BCUT2D eigenvalue weighted by atomic mass is 79.9. The number of aryl methyl sites for hydroxylation is 4. The molecule has 1 N–H and O–H groups in total. The molecule has 0 aliphatic heterocycles. The van der Waals surface area contributed by atoms with Gasteiger partial charge in [-0.25, -0.2) is 9.59 Å². The van der Waals surface area contributed by atoms with Gasteiger partial charge in [0.2, 0.25) is 0 Å². The van der Waals surface area contributed by atoms with Crippen molar-refractivity contribution in [2.45, 2.75) is 54.1 Å². The fourth-order valence-corrected chi connectivity index (χ4v) is 2.93. The summed E-state index contributed by atoms with van der Waals surface area (Å²) in [7, 11) is 0. The molecular weight excluding hydrogens is 488 g/mol. The van der Waals surface area contributed by atoms with Gasteiger partial charge < -0.3 is 9.84 Å². The van der Waals surface area contributed by atoms with Crippen molar-refractivity contribution in [1.29, 1.82) is 0 Å². The van der Waals surface area contributed by atoms with Crippen LogP contribution in [0.15, 0.2) is 33.2 Å². The van der Waals surface area contributed by atoms with E-state index in [0.717, 1.165) is 31.2 Å². The summed E-state index contributed by atoms with van der Waals surface area (Å²) < 4.78 is 7.34. The van der Waals surface area contributed by atoms with Crippen molar-refractivity contribution in [3.05, 3.63) is 66.6 Å². The van der Waals surface area contributed by atoms with Gasteiger partial charge in [-0.05, 0) is 95.0 Å². The number of carbonyl (C=O) groups excluding carboxylic acids is 1. The quantitative estimate of drug-likeness (QED) is 0.449. The first kappa shape index (κ1) is 24.4. The van der Waals surface area contributed by atoms with Crippen LogP contribution in [-0.4, -0.2) is 22.6 Å². The van der Waals surface area contributed by atoms with E-state index in [-0.39, 0.29) is 5.97 Å². The molecular formula is C22H26Br2O4. The van der Waals surface area contributed by atoms with Crippen LogP contribution in [0.25, 0.3) is 0 Å². The van der Waals surface area contributed by atoms with Gasteiger partial charge in [0.05, 0.1) is 11.1 Å². The Labute approximate surface area is 183 Å². The third-order valence-corrected chi connectivity index (χ3v) is 6.26. The fourth-order valence-electron chi connectivity index (χ4n) is 2.47. The summed E-state index contributed by atoms with van der Waals surface area (Å²) in [5, 5.41) is 8.71. The minimum absolute atomic E-state index is 0.272. The van der Waals surface area contributed by atoms with Crippen LogP contribution in [0.1, 0.15) is 63.7 Å². The molecule has 0 bridgehead atoms. The van der Waals surface area contributed by atoms with Crippen molar-refractivity contribution < 1.29 is 19.4 Å². The van der Waals surface area contributed by atoms with E-state index in [9.17, 15) is 9.59 Å². The topological polar surface area (TPSA) is 63.6 Å². The van der Waals surface area contributed by atoms with Crippen LogP contribution < -0.4 is 0 Å². The number of hydrogen-bond acceptors (Lipinski definition) is 3. The summed E-state index contributed by atoms with van der Waals surface area (Å²) in [5.41, 5.74) is 4.48. The van der Waals surface area contributed by atoms with E-state index in [1.807, 2.05) is 60.6 Å². The Morgan fingerprint density at radius 3 is 1.39 bits per heavy atom. The minimum Gasteiger partial charge on any atom is -0.478 e. The molecule has 0 radical (unpaired) electrons. The van der Waals surface area contributed by atoms with E-state index in [1.54, 1.807) is 12.1 Å². The van der Waals surface area contributed by atoms with Crippen molar-refractivity contribution in [3.8, 4) is 0 Å². The van der Waals surface area contributed by atoms with Crippen molar-refractivity contribution in [2.24, 2.45) is 0 Å². The number of halogens is 2. The highest BCUT2D eigenvalue weighted by Crippen LogP contribution is 2.24. The maximum absolute atomic E-state index is 11.8. The summed E-state index contributed by atoms with van der Waals surface area (Å²) in [5.74, 6) is -1.15. The predicted molar refractivity (Wildman–Crippen MR) is 119 cm³/mol. The number of benzene rings is 2. The molecule has 0 aliphatic carbocycles. The molecule has 0 unspecified atom stereocenters. The van der Waals surface area contributed by atoms with Crippen LogP contribution in [0.4, 0.5) is 0 Å². The molecule has 6 heteroatoms. The van der Waals surface area contributed by atoms with Crippen LogP contribution in [-0.2, 0) is 4.74 Å². The first-order chi connectivity index (χ1) is 12.7. The lowest BCUT2D eigenvalue weighted by molar-refractivity contribution is 0.00690. The van der Waals surface area contributed by atoms with Gasteiger partial charge in [0.1, 0.15) is 5.60 Å². The molecule has 2 rings (SSSR count). The normalized spacial score (nSPS) is 10.8. The van der Waals surface area contributed by atoms with Gasteiger partial charge in [-0.15, -0.1) is 0 Å². The van der Waals surface area contributed by atoms with E-state index >= 15 is 0 Å². The maximum Gasteiger partial charge on any atom is 0.338 e. The van der Waals surface area contributed by atoms with E-state index < -0.39 is 11.6 Å². The van der Waals surface area contributed by atoms with Gasteiger partial charge >= 0.3 is 11.9 Å². The van der Waals surface area contributed by atoms with Gasteiger partial charge in [0.25, 0.3) is 0 Å². The Balaban J connectivity index is 0.000000292. The first-order valence-corrected chi connectivity index (χ1v) is 10.3. The zero-order valence-electron chi connectivity index (χ0n) is 17.2. The Hall–Kier alpha value is -1.66. The number of ether oxygens (including phenoxy) is 1. The van der Waals surface area contributed by atoms with Crippen molar-refractivity contribution >= 4 is 43.8 Å². The lowest BCUT2D eigenvalue weighted by Gasteiger charge is -2.20. The summed E-state index contributed by atoms with van der Waals surface area (Å²) in [6.45, 7) is 13.3. The average molecular weight is 514 g/mol. The highest BCUT2D eigenvalue weighted by molar-refractivity contribution is 9.10. The molecule has 0 aliphatic rings. The zero-order valence-corrected chi connectivity index (χ0v) is 20.4. The molecule has 0 fully saturated rings. The third-order valence-electron chi connectivity index (χ3n) is 3.75. The lowest BCUT2D eigenvalue weighted by atomic mass is 10.1. The largest absolute Gasteiger partial charge is 0.478 e. The zero-order chi connectivity index (χ0) is 21.8. The number of carbonyl (C=O) groups is 2. The monoisotopic (exact) mass is 512 g/mol. The van der Waals surface area contributed by atoms with E-state index in [1.165, 1.54) is 0 Å². The SMILES string of the molecule is Cc1cc(C(=O)O)cc(C)c1Br.Cc1cc(C(=O)OC(C)(C)C)cc(C)c1Br. The standard InChI is InChI=1S/C13H17BrO2.C9H9BrO2/c1-8-6-10(7-9(2)11(8)14)12(15)16-13(3,4)5;1-5-3-7(9(11)12)4-6(2)8(5)10/h6-7H,1-5H3;3-4H,1-2H3,(H,11,12). The summed E-state index contributed by atoms with van der Waals surface area (Å²) in [6, 6.07) is 6.98.